The number of fused-ring (bicyclic) bond motifs is 1. The molecular weight excluding hydrogens is 331 g/mol. The van der Waals surface area contributed by atoms with Crippen LogP contribution in [0.5, 0.6) is 0 Å². The van der Waals surface area contributed by atoms with Crippen LogP contribution in [0.2, 0.25) is 0 Å². The summed E-state index contributed by atoms with van der Waals surface area (Å²) in [5.74, 6) is 2.03. The molecule has 0 aromatic carbocycles. The Morgan fingerprint density at radius 1 is 1.17 bits per heavy atom. The maximum atomic E-state index is 4.82. The van der Waals surface area contributed by atoms with Gasteiger partial charge in [-0.15, -0.1) is 24.8 Å². The number of nitrogens with zero attached hydrogens (tertiary/aromatic N) is 3. The fourth-order valence-electron chi connectivity index (χ4n) is 3.44. The van der Waals surface area contributed by atoms with Crippen molar-refractivity contribution in [2.45, 2.75) is 53.0 Å². The first kappa shape index (κ1) is 20.2. The molecule has 4 nitrogen and oxygen atoms in total. The van der Waals surface area contributed by atoms with Crippen molar-refractivity contribution in [1.82, 2.24) is 19.9 Å². The van der Waals surface area contributed by atoms with Gasteiger partial charge in [-0.05, 0) is 63.7 Å². The number of nitrogens with one attached hydrogen (secondary N) is 1. The lowest BCUT2D eigenvalue weighted by Gasteiger charge is -2.23. The van der Waals surface area contributed by atoms with Crippen molar-refractivity contribution < 1.29 is 0 Å². The minimum Gasteiger partial charge on any atom is -0.317 e. The van der Waals surface area contributed by atoms with Gasteiger partial charge in [0.25, 0.3) is 0 Å². The van der Waals surface area contributed by atoms with Gasteiger partial charge in [-0.2, -0.15) is 0 Å². The minimum absolute atomic E-state index is 0. The average molecular weight is 359 g/mol. The van der Waals surface area contributed by atoms with Crippen LogP contribution in [0.15, 0.2) is 6.07 Å². The Hall–Kier alpha value is -0.840. The van der Waals surface area contributed by atoms with E-state index >= 15 is 0 Å². The van der Waals surface area contributed by atoms with Crippen LogP contribution in [-0.2, 0) is 13.0 Å². The van der Waals surface area contributed by atoms with Crippen LogP contribution in [0.25, 0.3) is 11.2 Å². The highest BCUT2D eigenvalue weighted by atomic mass is 35.5. The predicted octanol–water partition coefficient (Wildman–Crippen LogP) is 3.84. The van der Waals surface area contributed by atoms with Crippen molar-refractivity contribution in [2.75, 3.05) is 13.1 Å². The molecule has 0 aliphatic carbocycles. The molecule has 0 spiro atoms. The molecule has 6 heteroatoms. The predicted molar refractivity (Wildman–Crippen MR) is 101 cm³/mol. The highest BCUT2D eigenvalue weighted by Crippen LogP contribution is 2.22. The summed E-state index contributed by atoms with van der Waals surface area (Å²) in [6, 6.07) is 2.13. The third-order valence-electron chi connectivity index (χ3n) is 4.64. The van der Waals surface area contributed by atoms with Crippen molar-refractivity contribution >= 4 is 36.0 Å². The number of piperidine rings is 1. The molecule has 1 aliphatic rings. The Morgan fingerprint density at radius 2 is 1.87 bits per heavy atom. The third-order valence-corrected chi connectivity index (χ3v) is 4.64. The zero-order valence-electron chi connectivity index (χ0n) is 14.3. The fourth-order valence-corrected chi connectivity index (χ4v) is 3.44. The quantitative estimate of drug-likeness (QED) is 0.902. The summed E-state index contributed by atoms with van der Waals surface area (Å²) < 4.78 is 2.36. The average Bonchev–Trinajstić information content (AvgIpc) is 2.84. The summed E-state index contributed by atoms with van der Waals surface area (Å²) >= 11 is 0. The molecule has 0 saturated carbocycles. The summed E-state index contributed by atoms with van der Waals surface area (Å²) in [5.41, 5.74) is 4.50. The summed E-state index contributed by atoms with van der Waals surface area (Å²) in [5, 5.41) is 3.44. The van der Waals surface area contributed by atoms with E-state index < -0.39 is 0 Å². The van der Waals surface area contributed by atoms with E-state index in [1.807, 2.05) is 0 Å². The van der Waals surface area contributed by atoms with Gasteiger partial charge in [0, 0.05) is 18.7 Å². The molecule has 1 aliphatic heterocycles. The molecule has 2 aromatic heterocycles. The molecule has 3 rings (SSSR count). The first-order valence-electron chi connectivity index (χ1n) is 8.23. The van der Waals surface area contributed by atoms with E-state index in [0.29, 0.717) is 0 Å². The molecule has 1 N–H and O–H groups in total. The van der Waals surface area contributed by atoms with E-state index in [1.165, 1.54) is 43.7 Å². The highest BCUT2D eigenvalue weighted by molar-refractivity contribution is 5.85. The third kappa shape index (κ3) is 4.37. The topological polar surface area (TPSA) is 42.7 Å². The lowest BCUT2D eigenvalue weighted by atomic mass is 9.95. The van der Waals surface area contributed by atoms with Gasteiger partial charge in [-0.25, -0.2) is 9.97 Å². The van der Waals surface area contributed by atoms with E-state index in [2.05, 4.69) is 36.7 Å². The molecule has 0 unspecified atom stereocenters. The van der Waals surface area contributed by atoms with Crippen LogP contribution < -0.4 is 5.32 Å². The lowest BCUT2D eigenvalue weighted by molar-refractivity contribution is 0.337. The van der Waals surface area contributed by atoms with E-state index in [9.17, 15) is 0 Å². The standard InChI is InChI=1S/C17H26N4.2ClH/c1-4-15-20-16-12(2)11-13(3)19-17(16)21(15)10-7-14-5-8-18-9-6-14;;/h11,14,18H,4-10H2,1-3H3;2*1H. The molecule has 130 valence electrons. The van der Waals surface area contributed by atoms with E-state index in [-0.39, 0.29) is 24.8 Å². The van der Waals surface area contributed by atoms with Gasteiger partial charge in [0.15, 0.2) is 5.65 Å². The highest BCUT2D eigenvalue weighted by Gasteiger charge is 2.17. The van der Waals surface area contributed by atoms with Gasteiger partial charge in [-0.1, -0.05) is 6.92 Å². The second kappa shape index (κ2) is 8.86. The monoisotopic (exact) mass is 358 g/mol. The smallest absolute Gasteiger partial charge is 0.160 e. The van der Waals surface area contributed by atoms with Crippen LogP contribution >= 0.6 is 24.8 Å². The van der Waals surface area contributed by atoms with Gasteiger partial charge in [0.1, 0.15) is 11.3 Å². The zero-order valence-corrected chi connectivity index (χ0v) is 15.9. The van der Waals surface area contributed by atoms with Crippen LogP contribution in [0.3, 0.4) is 0 Å². The Bertz CT molecular complexity index is 633. The first-order chi connectivity index (χ1) is 10.2. The number of rotatable bonds is 4. The van der Waals surface area contributed by atoms with Crippen LogP contribution in [-0.4, -0.2) is 27.6 Å². The number of hydrogen-bond donors (Lipinski definition) is 1. The maximum absolute atomic E-state index is 4.82. The van der Waals surface area contributed by atoms with E-state index in [0.717, 1.165) is 35.7 Å². The summed E-state index contributed by atoms with van der Waals surface area (Å²) in [4.78, 5) is 9.58. The largest absolute Gasteiger partial charge is 0.317 e. The van der Waals surface area contributed by atoms with Crippen LogP contribution in [0.4, 0.5) is 0 Å². The van der Waals surface area contributed by atoms with Crippen molar-refractivity contribution in [3.8, 4) is 0 Å². The Kier molecular flexibility index (Phi) is 7.78. The molecule has 0 radical (unpaired) electrons. The number of aromatic nitrogens is 3. The molecule has 3 heterocycles. The van der Waals surface area contributed by atoms with E-state index in [1.54, 1.807) is 0 Å². The zero-order chi connectivity index (χ0) is 14.8. The molecule has 0 bridgehead atoms. The van der Waals surface area contributed by atoms with Gasteiger partial charge in [0.05, 0.1) is 0 Å². The Morgan fingerprint density at radius 3 is 2.52 bits per heavy atom. The molecule has 2 aromatic rings. The Balaban J connectivity index is 0.00000132. The van der Waals surface area contributed by atoms with E-state index in [4.69, 9.17) is 9.97 Å². The summed E-state index contributed by atoms with van der Waals surface area (Å²) in [6.07, 6.45) is 4.83. The summed E-state index contributed by atoms with van der Waals surface area (Å²) in [6.45, 7) is 9.80. The second-order valence-electron chi connectivity index (χ2n) is 6.27. The molecule has 23 heavy (non-hydrogen) atoms. The normalized spacial score (nSPS) is 15.3. The number of pyridine rings is 1. The number of hydrogen-bond acceptors (Lipinski definition) is 3. The van der Waals surface area contributed by atoms with Crippen LogP contribution in [0.1, 0.15) is 43.3 Å². The molecular formula is C17H28Cl2N4. The molecule has 0 amide bonds. The summed E-state index contributed by atoms with van der Waals surface area (Å²) in [7, 11) is 0. The molecule has 1 fully saturated rings. The SMILES string of the molecule is CCc1nc2c(C)cc(C)nc2n1CCC1CCNCC1.Cl.Cl. The number of imidazole rings is 1. The Labute approximate surface area is 151 Å². The van der Waals surface area contributed by atoms with Gasteiger partial charge in [0.2, 0.25) is 0 Å². The van der Waals surface area contributed by atoms with Gasteiger partial charge >= 0.3 is 0 Å². The van der Waals surface area contributed by atoms with Crippen LogP contribution in [0, 0.1) is 19.8 Å². The molecule has 1 saturated heterocycles. The fraction of sp³-hybridized carbons (Fsp3) is 0.647. The minimum atomic E-state index is 0. The van der Waals surface area contributed by atoms with Crippen molar-refractivity contribution in [3.63, 3.8) is 0 Å². The maximum Gasteiger partial charge on any atom is 0.160 e. The first-order valence-corrected chi connectivity index (χ1v) is 8.23. The number of halogens is 2. The molecule has 0 atom stereocenters. The van der Waals surface area contributed by atoms with Crippen molar-refractivity contribution in [2.24, 2.45) is 5.92 Å². The van der Waals surface area contributed by atoms with Gasteiger partial charge < -0.3 is 9.88 Å². The van der Waals surface area contributed by atoms with Crippen molar-refractivity contribution in [3.05, 3.63) is 23.1 Å². The second-order valence-corrected chi connectivity index (χ2v) is 6.27. The van der Waals surface area contributed by atoms with Gasteiger partial charge in [-0.3, -0.25) is 0 Å². The van der Waals surface area contributed by atoms with Crippen molar-refractivity contribution in [1.29, 1.82) is 0 Å². The lowest BCUT2D eigenvalue weighted by Crippen LogP contribution is -2.28. The number of aryl methyl sites for hydroxylation is 4.